The van der Waals surface area contributed by atoms with Gasteiger partial charge in [0.15, 0.2) is 0 Å². The minimum absolute atomic E-state index is 0.182. The Bertz CT molecular complexity index is 404. The molecule has 2 N–H and O–H groups in total. The maximum atomic E-state index is 4.17. The monoisotopic (exact) mass is 206 g/mol. The molecule has 0 aromatic carbocycles. The van der Waals surface area contributed by atoms with Gasteiger partial charge in [-0.15, -0.1) is 5.10 Å². The summed E-state index contributed by atoms with van der Waals surface area (Å²) in [5.74, 6) is 0.930. The second-order valence-corrected chi connectivity index (χ2v) is 3.46. The summed E-state index contributed by atoms with van der Waals surface area (Å²) in [5.41, 5.74) is 0.927. The number of aryl methyl sites for hydroxylation is 1. The van der Waals surface area contributed by atoms with Crippen molar-refractivity contribution in [1.29, 1.82) is 0 Å². The minimum atomic E-state index is 0.182. The first-order valence-electron chi connectivity index (χ1n) is 4.83. The van der Waals surface area contributed by atoms with Gasteiger partial charge in [0.05, 0.1) is 11.7 Å². The molecular weight excluding hydrogens is 192 g/mol. The van der Waals surface area contributed by atoms with Crippen LogP contribution in [0.15, 0.2) is 18.6 Å². The molecule has 0 saturated heterocycles. The Balaban J connectivity index is 1.88. The number of imidazole rings is 1. The molecule has 80 valence electrons. The fraction of sp³-hybridized carbons (Fsp3) is 0.444. The van der Waals surface area contributed by atoms with E-state index in [9.17, 15) is 0 Å². The third-order valence-electron chi connectivity index (χ3n) is 2.17. The second-order valence-electron chi connectivity index (χ2n) is 3.46. The molecular formula is C9H14N6. The summed E-state index contributed by atoms with van der Waals surface area (Å²) in [6.07, 6.45) is 5.45. The molecule has 1 unspecified atom stereocenters. The smallest absolute Gasteiger partial charge is 0.122 e. The van der Waals surface area contributed by atoms with Crippen molar-refractivity contribution in [1.82, 2.24) is 30.3 Å². The fourth-order valence-corrected chi connectivity index (χ4v) is 1.34. The molecule has 0 spiro atoms. The maximum absolute atomic E-state index is 4.17. The lowest BCUT2D eigenvalue weighted by molar-refractivity contribution is 0.544. The molecule has 0 amide bonds. The van der Waals surface area contributed by atoms with Gasteiger partial charge in [-0.2, -0.15) is 0 Å². The molecule has 0 saturated carbocycles. The lowest BCUT2D eigenvalue weighted by Gasteiger charge is -2.09. The van der Waals surface area contributed by atoms with Crippen LogP contribution in [-0.2, 0) is 13.6 Å². The zero-order valence-corrected chi connectivity index (χ0v) is 8.81. The molecule has 2 aromatic rings. The predicted octanol–water partition coefficient (Wildman–Crippen LogP) is 0.389. The largest absolute Gasteiger partial charge is 0.347 e. The third-order valence-corrected chi connectivity index (χ3v) is 2.17. The van der Waals surface area contributed by atoms with Crippen LogP contribution in [0.4, 0.5) is 0 Å². The average Bonchev–Trinajstić information content (AvgIpc) is 2.84. The van der Waals surface area contributed by atoms with Gasteiger partial charge in [-0.05, 0) is 6.92 Å². The first kappa shape index (κ1) is 9.85. The SMILES string of the molecule is CC(NCc1cn(C)nn1)c1ncc[nH]1. The maximum Gasteiger partial charge on any atom is 0.122 e. The molecule has 6 heteroatoms. The van der Waals surface area contributed by atoms with Gasteiger partial charge < -0.3 is 10.3 Å². The molecule has 2 heterocycles. The van der Waals surface area contributed by atoms with Gasteiger partial charge in [0, 0.05) is 32.2 Å². The molecule has 0 aliphatic rings. The van der Waals surface area contributed by atoms with Crippen molar-refractivity contribution < 1.29 is 0 Å². The minimum Gasteiger partial charge on any atom is -0.347 e. The quantitative estimate of drug-likeness (QED) is 0.759. The molecule has 0 bridgehead atoms. The van der Waals surface area contributed by atoms with E-state index < -0.39 is 0 Å². The van der Waals surface area contributed by atoms with Gasteiger partial charge in [-0.25, -0.2) is 4.98 Å². The summed E-state index contributed by atoms with van der Waals surface area (Å²) in [7, 11) is 1.85. The van der Waals surface area contributed by atoms with Crippen LogP contribution in [-0.4, -0.2) is 25.0 Å². The number of nitrogens with zero attached hydrogens (tertiary/aromatic N) is 4. The number of H-pyrrole nitrogens is 1. The van der Waals surface area contributed by atoms with Gasteiger partial charge in [0.2, 0.25) is 0 Å². The Hall–Kier alpha value is -1.69. The predicted molar refractivity (Wildman–Crippen MR) is 54.8 cm³/mol. The second kappa shape index (κ2) is 4.22. The molecule has 2 rings (SSSR count). The lowest BCUT2D eigenvalue weighted by Crippen LogP contribution is -2.19. The summed E-state index contributed by atoms with van der Waals surface area (Å²) >= 11 is 0. The van der Waals surface area contributed by atoms with Crippen molar-refractivity contribution in [3.05, 3.63) is 30.1 Å². The van der Waals surface area contributed by atoms with E-state index in [2.05, 4.69) is 32.5 Å². The summed E-state index contributed by atoms with van der Waals surface area (Å²) in [6.45, 7) is 2.74. The van der Waals surface area contributed by atoms with E-state index in [1.807, 2.05) is 19.4 Å². The van der Waals surface area contributed by atoms with Gasteiger partial charge in [0.25, 0.3) is 0 Å². The summed E-state index contributed by atoms with van der Waals surface area (Å²) in [6, 6.07) is 0.182. The average molecular weight is 206 g/mol. The Morgan fingerprint density at radius 3 is 3.07 bits per heavy atom. The number of hydrogen-bond acceptors (Lipinski definition) is 4. The summed E-state index contributed by atoms with van der Waals surface area (Å²) in [5, 5.41) is 11.2. The van der Waals surface area contributed by atoms with Crippen molar-refractivity contribution in [3.63, 3.8) is 0 Å². The van der Waals surface area contributed by atoms with Gasteiger partial charge >= 0.3 is 0 Å². The van der Waals surface area contributed by atoms with E-state index >= 15 is 0 Å². The normalized spacial score (nSPS) is 12.9. The van der Waals surface area contributed by atoms with E-state index in [0.29, 0.717) is 6.54 Å². The van der Waals surface area contributed by atoms with Crippen molar-refractivity contribution in [2.75, 3.05) is 0 Å². The zero-order chi connectivity index (χ0) is 10.7. The van der Waals surface area contributed by atoms with E-state index in [1.54, 1.807) is 10.9 Å². The Morgan fingerprint density at radius 2 is 2.47 bits per heavy atom. The Kier molecular flexibility index (Phi) is 2.77. The zero-order valence-electron chi connectivity index (χ0n) is 8.81. The molecule has 15 heavy (non-hydrogen) atoms. The highest BCUT2D eigenvalue weighted by molar-refractivity contribution is 4.96. The number of hydrogen-bond donors (Lipinski definition) is 2. The standard InChI is InChI=1S/C9H14N6/c1-7(9-10-3-4-11-9)12-5-8-6-15(2)14-13-8/h3-4,6-7,12H,5H2,1-2H3,(H,10,11). The highest BCUT2D eigenvalue weighted by atomic mass is 15.4. The van der Waals surface area contributed by atoms with Crippen molar-refractivity contribution in [3.8, 4) is 0 Å². The molecule has 2 aromatic heterocycles. The molecule has 0 fully saturated rings. The van der Waals surface area contributed by atoms with Crippen molar-refractivity contribution in [2.24, 2.45) is 7.05 Å². The highest BCUT2D eigenvalue weighted by Gasteiger charge is 2.07. The van der Waals surface area contributed by atoms with Gasteiger partial charge in [0.1, 0.15) is 5.82 Å². The summed E-state index contributed by atoms with van der Waals surface area (Å²) < 4.78 is 1.69. The van der Waals surface area contributed by atoms with E-state index in [1.165, 1.54) is 0 Å². The van der Waals surface area contributed by atoms with E-state index in [-0.39, 0.29) is 6.04 Å². The van der Waals surface area contributed by atoms with Gasteiger partial charge in [-0.3, -0.25) is 4.68 Å². The highest BCUT2D eigenvalue weighted by Crippen LogP contribution is 2.05. The number of aromatic amines is 1. The first-order chi connectivity index (χ1) is 7.25. The lowest BCUT2D eigenvalue weighted by atomic mass is 10.3. The number of rotatable bonds is 4. The van der Waals surface area contributed by atoms with E-state index in [0.717, 1.165) is 11.5 Å². The van der Waals surface area contributed by atoms with Crippen molar-refractivity contribution >= 4 is 0 Å². The molecule has 0 aliphatic carbocycles. The van der Waals surface area contributed by atoms with Gasteiger partial charge in [-0.1, -0.05) is 5.21 Å². The van der Waals surface area contributed by atoms with Crippen LogP contribution < -0.4 is 5.32 Å². The molecule has 1 atom stereocenters. The van der Waals surface area contributed by atoms with Crippen molar-refractivity contribution in [2.45, 2.75) is 19.5 Å². The molecule has 0 radical (unpaired) electrons. The van der Waals surface area contributed by atoms with Crippen LogP contribution in [0, 0.1) is 0 Å². The Labute approximate surface area is 87.7 Å². The molecule has 6 nitrogen and oxygen atoms in total. The first-order valence-corrected chi connectivity index (χ1v) is 4.83. The number of nitrogens with one attached hydrogen (secondary N) is 2. The Morgan fingerprint density at radius 1 is 1.60 bits per heavy atom. The van der Waals surface area contributed by atoms with Crippen LogP contribution in [0.3, 0.4) is 0 Å². The van der Waals surface area contributed by atoms with Crippen LogP contribution in [0.2, 0.25) is 0 Å². The van der Waals surface area contributed by atoms with Crippen LogP contribution in [0.1, 0.15) is 24.5 Å². The summed E-state index contributed by atoms with van der Waals surface area (Å²) in [4.78, 5) is 7.24. The van der Waals surface area contributed by atoms with Crippen LogP contribution in [0.25, 0.3) is 0 Å². The molecule has 0 aliphatic heterocycles. The number of aromatic nitrogens is 5. The topological polar surface area (TPSA) is 71.4 Å². The fourth-order valence-electron chi connectivity index (χ4n) is 1.34. The third kappa shape index (κ3) is 2.41. The van der Waals surface area contributed by atoms with Crippen LogP contribution in [0.5, 0.6) is 0 Å². The van der Waals surface area contributed by atoms with E-state index in [4.69, 9.17) is 0 Å². The van der Waals surface area contributed by atoms with Crippen LogP contribution >= 0.6 is 0 Å².